The molecule has 3 aromatic rings. The van der Waals surface area contributed by atoms with Crippen LogP contribution in [0.3, 0.4) is 0 Å². The maximum absolute atomic E-state index is 11.7. The van der Waals surface area contributed by atoms with E-state index in [0.29, 0.717) is 11.3 Å². The van der Waals surface area contributed by atoms with Gasteiger partial charge in [0.2, 0.25) is 0 Å². The van der Waals surface area contributed by atoms with E-state index in [-0.39, 0.29) is 0 Å². The summed E-state index contributed by atoms with van der Waals surface area (Å²) in [5, 5.41) is 9.02. The highest BCUT2D eigenvalue weighted by molar-refractivity contribution is 7.92. The molecule has 3 rings (SSSR count). The van der Waals surface area contributed by atoms with Gasteiger partial charge in [0, 0.05) is 34.0 Å². The maximum Gasteiger partial charge on any atom is 0.137 e. The topological polar surface area (TPSA) is 70.5 Å². The predicted molar refractivity (Wildman–Crippen MR) is 87.4 cm³/mol. The summed E-state index contributed by atoms with van der Waals surface area (Å²) in [5.41, 5.74) is 3.90. The number of hydrogen-bond acceptors (Lipinski definition) is 4. The normalized spacial score (nSPS) is 11.3. The Kier molecular flexibility index (Phi) is 3.43. The molecule has 0 aliphatic heterocycles. The summed E-state index contributed by atoms with van der Waals surface area (Å²) in [6.07, 6.45) is 6.75. The van der Waals surface area contributed by atoms with Gasteiger partial charge in [0.1, 0.15) is 11.7 Å². The zero-order valence-electron chi connectivity index (χ0n) is 12.2. The highest BCUT2D eigenvalue weighted by Crippen LogP contribution is 2.24. The zero-order valence-corrected chi connectivity index (χ0v) is 13.0. The van der Waals surface area contributed by atoms with Crippen molar-refractivity contribution in [1.82, 2.24) is 9.38 Å². The first kappa shape index (κ1) is 14.3. The van der Waals surface area contributed by atoms with Crippen LogP contribution in [0.15, 0.2) is 53.2 Å². The first-order chi connectivity index (χ1) is 10.5. The minimum absolute atomic E-state index is 0.579. The fraction of sp³-hybridized carbons (Fsp3) is 0.125. The molecule has 0 saturated carbocycles. The predicted octanol–water partition coefficient (Wildman–Crippen LogP) is 3.23. The third-order valence-corrected chi connectivity index (χ3v) is 3.77. The highest BCUT2D eigenvalue weighted by atomic mass is 32.2. The van der Waals surface area contributed by atoms with Crippen LogP contribution in [0, 0.1) is 11.3 Å². The van der Waals surface area contributed by atoms with Gasteiger partial charge < -0.3 is 0 Å². The van der Waals surface area contributed by atoms with Gasteiger partial charge in [0.05, 0.1) is 23.1 Å². The Bertz CT molecular complexity index is 995. The molecule has 5 nitrogen and oxygen atoms in total. The summed E-state index contributed by atoms with van der Waals surface area (Å²) in [6.45, 7) is 0. The van der Waals surface area contributed by atoms with Crippen molar-refractivity contribution in [3.8, 4) is 17.3 Å². The highest BCUT2D eigenvalue weighted by Gasteiger charge is 2.06. The lowest BCUT2D eigenvalue weighted by Crippen LogP contribution is -1.90. The van der Waals surface area contributed by atoms with E-state index in [1.807, 2.05) is 34.7 Å². The number of nitriles is 1. The third kappa shape index (κ3) is 2.85. The van der Waals surface area contributed by atoms with E-state index in [2.05, 4.69) is 15.4 Å². The molecule has 0 aliphatic carbocycles. The summed E-state index contributed by atoms with van der Waals surface area (Å²) < 4.78 is 17.8. The molecule has 0 fully saturated rings. The molecular weight excluding hydrogens is 296 g/mol. The minimum atomic E-state index is -2.17. The SMILES string of the molecule is CS(C)(=O)=Nc1ccc(-c2cnc3ccc(C#N)cn23)cc1. The lowest BCUT2D eigenvalue weighted by molar-refractivity contribution is 0.684. The molecule has 2 aromatic heterocycles. The van der Waals surface area contributed by atoms with E-state index >= 15 is 0 Å². The van der Waals surface area contributed by atoms with Crippen molar-refractivity contribution in [2.45, 2.75) is 0 Å². The lowest BCUT2D eigenvalue weighted by Gasteiger charge is -2.03. The Morgan fingerprint density at radius 3 is 2.55 bits per heavy atom. The van der Waals surface area contributed by atoms with Crippen LogP contribution in [0.4, 0.5) is 5.69 Å². The smallest absolute Gasteiger partial charge is 0.137 e. The molecule has 0 bridgehead atoms. The Morgan fingerprint density at radius 2 is 1.91 bits per heavy atom. The molecule has 110 valence electrons. The second kappa shape index (κ2) is 5.28. The van der Waals surface area contributed by atoms with Crippen molar-refractivity contribution in [2.75, 3.05) is 12.5 Å². The van der Waals surface area contributed by atoms with Crippen LogP contribution >= 0.6 is 0 Å². The number of hydrogen-bond donors (Lipinski definition) is 0. The summed E-state index contributed by atoms with van der Waals surface area (Å²) in [5.74, 6) is 0. The molecule has 2 heterocycles. The van der Waals surface area contributed by atoms with Crippen LogP contribution < -0.4 is 0 Å². The Hall–Kier alpha value is -2.65. The van der Waals surface area contributed by atoms with Crippen molar-refractivity contribution in [1.29, 1.82) is 5.26 Å². The first-order valence-corrected chi connectivity index (χ1v) is 8.94. The summed E-state index contributed by atoms with van der Waals surface area (Å²) in [4.78, 5) is 4.34. The monoisotopic (exact) mass is 310 g/mol. The number of fused-ring (bicyclic) bond motifs is 1. The van der Waals surface area contributed by atoms with Crippen LogP contribution in [0.25, 0.3) is 16.9 Å². The van der Waals surface area contributed by atoms with Crippen molar-refractivity contribution in [3.63, 3.8) is 0 Å². The molecule has 0 aliphatic rings. The van der Waals surface area contributed by atoms with Crippen LogP contribution in [-0.4, -0.2) is 26.1 Å². The van der Waals surface area contributed by atoms with Gasteiger partial charge in [-0.25, -0.2) is 9.19 Å². The number of pyridine rings is 1. The van der Waals surface area contributed by atoms with Gasteiger partial charge in [0.25, 0.3) is 0 Å². The minimum Gasteiger partial charge on any atom is -0.298 e. The number of nitrogens with zero attached hydrogens (tertiary/aromatic N) is 4. The van der Waals surface area contributed by atoms with Crippen LogP contribution in [0.1, 0.15) is 5.56 Å². The average molecular weight is 310 g/mol. The standard InChI is InChI=1S/C16H14N4OS/c1-22(2,21)19-14-6-4-13(5-7-14)15-10-18-16-8-3-12(9-17)11-20(15)16/h3-8,10-11H,1-2H3. The molecular formula is C16H14N4OS. The quantitative estimate of drug-likeness (QED) is 0.729. The Labute approximate surface area is 129 Å². The molecule has 6 heteroatoms. The van der Waals surface area contributed by atoms with Crippen molar-refractivity contribution >= 4 is 21.1 Å². The molecule has 0 atom stereocenters. The largest absolute Gasteiger partial charge is 0.298 e. The van der Waals surface area contributed by atoms with Crippen LogP contribution in [0.2, 0.25) is 0 Å². The average Bonchev–Trinajstić information content (AvgIpc) is 2.89. The number of aromatic nitrogens is 2. The summed E-state index contributed by atoms with van der Waals surface area (Å²) in [6, 6.07) is 13.2. The van der Waals surface area contributed by atoms with Crippen LogP contribution in [-0.2, 0) is 9.73 Å². The van der Waals surface area contributed by atoms with Crippen molar-refractivity contribution in [2.24, 2.45) is 4.36 Å². The van der Waals surface area contributed by atoms with Gasteiger partial charge in [-0.2, -0.15) is 9.62 Å². The molecule has 1 aromatic carbocycles. The molecule has 0 saturated heterocycles. The maximum atomic E-state index is 11.7. The van der Waals surface area contributed by atoms with Gasteiger partial charge in [-0.05, 0) is 24.3 Å². The second-order valence-corrected chi connectivity index (χ2v) is 7.77. The first-order valence-electron chi connectivity index (χ1n) is 6.61. The molecule has 22 heavy (non-hydrogen) atoms. The van der Waals surface area contributed by atoms with E-state index in [9.17, 15) is 4.21 Å². The third-order valence-electron chi connectivity index (χ3n) is 3.12. The molecule has 0 radical (unpaired) electrons. The van der Waals surface area contributed by atoms with Crippen LogP contribution in [0.5, 0.6) is 0 Å². The van der Waals surface area contributed by atoms with E-state index in [1.54, 1.807) is 31.0 Å². The van der Waals surface area contributed by atoms with E-state index in [4.69, 9.17) is 5.26 Å². The Balaban J connectivity index is 2.09. The zero-order chi connectivity index (χ0) is 15.7. The number of rotatable bonds is 2. The van der Waals surface area contributed by atoms with E-state index in [1.165, 1.54) is 0 Å². The van der Waals surface area contributed by atoms with E-state index < -0.39 is 9.73 Å². The van der Waals surface area contributed by atoms with E-state index in [0.717, 1.165) is 16.9 Å². The summed E-state index contributed by atoms with van der Waals surface area (Å²) in [7, 11) is -2.17. The van der Waals surface area contributed by atoms with Gasteiger partial charge in [-0.3, -0.25) is 4.40 Å². The number of imidazole rings is 1. The molecule has 0 amide bonds. The van der Waals surface area contributed by atoms with Crippen molar-refractivity contribution in [3.05, 3.63) is 54.4 Å². The fourth-order valence-corrected chi connectivity index (χ4v) is 2.84. The summed E-state index contributed by atoms with van der Waals surface area (Å²) >= 11 is 0. The molecule has 0 spiro atoms. The Morgan fingerprint density at radius 1 is 1.18 bits per heavy atom. The van der Waals surface area contributed by atoms with Gasteiger partial charge in [-0.15, -0.1) is 0 Å². The van der Waals surface area contributed by atoms with Gasteiger partial charge in [-0.1, -0.05) is 12.1 Å². The number of benzene rings is 1. The fourth-order valence-electron chi connectivity index (χ4n) is 2.21. The molecule has 0 unspecified atom stereocenters. The molecule has 0 N–H and O–H groups in total. The van der Waals surface area contributed by atoms with Gasteiger partial charge >= 0.3 is 0 Å². The lowest BCUT2D eigenvalue weighted by atomic mass is 10.1. The van der Waals surface area contributed by atoms with Gasteiger partial charge in [0.15, 0.2) is 0 Å². The second-order valence-electron chi connectivity index (χ2n) is 5.22. The van der Waals surface area contributed by atoms with Crippen molar-refractivity contribution < 1.29 is 4.21 Å².